The van der Waals surface area contributed by atoms with E-state index in [-0.39, 0.29) is 6.10 Å². The van der Waals surface area contributed by atoms with Gasteiger partial charge in [0.2, 0.25) is 0 Å². The first-order valence-corrected chi connectivity index (χ1v) is 7.03. The first-order chi connectivity index (χ1) is 7.77. The van der Waals surface area contributed by atoms with Gasteiger partial charge < -0.3 is 9.84 Å². The van der Waals surface area contributed by atoms with Crippen molar-refractivity contribution in [1.29, 1.82) is 0 Å². The Morgan fingerprint density at radius 2 is 1.38 bits per heavy atom. The molecule has 2 nitrogen and oxygen atoms in total. The predicted molar refractivity (Wildman–Crippen MR) is 69.7 cm³/mol. The van der Waals surface area contributed by atoms with Crippen LogP contribution in [-0.2, 0) is 4.74 Å². The van der Waals surface area contributed by atoms with Crippen LogP contribution in [0.3, 0.4) is 0 Å². The Labute approximate surface area is 101 Å². The lowest BCUT2D eigenvalue weighted by atomic mass is 10.1. The average molecular weight is 230 g/mol. The van der Waals surface area contributed by atoms with Crippen molar-refractivity contribution in [3.63, 3.8) is 0 Å². The van der Waals surface area contributed by atoms with Crippen molar-refractivity contribution in [3.8, 4) is 0 Å². The third kappa shape index (κ3) is 13.9. The molecule has 0 radical (unpaired) electrons. The summed E-state index contributed by atoms with van der Waals surface area (Å²) in [5.41, 5.74) is 0. The van der Waals surface area contributed by atoms with Crippen LogP contribution < -0.4 is 0 Å². The van der Waals surface area contributed by atoms with Gasteiger partial charge in [-0.2, -0.15) is 0 Å². The van der Waals surface area contributed by atoms with Crippen molar-refractivity contribution in [2.45, 2.75) is 77.7 Å². The third-order valence-electron chi connectivity index (χ3n) is 2.75. The zero-order valence-electron chi connectivity index (χ0n) is 11.2. The molecule has 98 valence electrons. The molecule has 0 saturated heterocycles. The molecule has 16 heavy (non-hydrogen) atoms. The van der Waals surface area contributed by atoms with E-state index >= 15 is 0 Å². The number of hydrogen-bond donors (Lipinski definition) is 1. The second-order valence-electron chi connectivity index (χ2n) is 4.75. The van der Waals surface area contributed by atoms with Gasteiger partial charge in [-0.25, -0.2) is 0 Å². The van der Waals surface area contributed by atoms with E-state index < -0.39 is 0 Å². The Morgan fingerprint density at radius 3 is 1.88 bits per heavy atom. The highest BCUT2D eigenvalue weighted by Gasteiger charge is 1.95. The number of rotatable bonds is 12. The maximum atomic E-state index is 8.97. The SMILES string of the molecule is CCCCCCCCCCCOC[C@H](C)O. The number of aliphatic hydroxyl groups is 1. The van der Waals surface area contributed by atoms with Gasteiger partial charge in [0, 0.05) is 6.61 Å². The lowest BCUT2D eigenvalue weighted by molar-refractivity contribution is 0.0445. The maximum absolute atomic E-state index is 8.97. The maximum Gasteiger partial charge on any atom is 0.0745 e. The first kappa shape index (κ1) is 15.9. The summed E-state index contributed by atoms with van der Waals surface area (Å²) in [4.78, 5) is 0. The van der Waals surface area contributed by atoms with Gasteiger partial charge in [-0.1, -0.05) is 58.3 Å². The van der Waals surface area contributed by atoms with Gasteiger partial charge in [0.1, 0.15) is 0 Å². The molecule has 0 saturated carbocycles. The fourth-order valence-electron chi connectivity index (χ4n) is 1.77. The van der Waals surface area contributed by atoms with Gasteiger partial charge in [0.15, 0.2) is 0 Å². The normalized spacial score (nSPS) is 12.9. The minimum Gasteiger partial charge on any atom is -0.391 e. The number of hydrogen-bond acceptors (Lipinski definition) is 2. The molecule has 0 aromatic carbocycles. The van der Waals surface area contributed by atoms with E-state index in [1.54, 1.807) is 6.92 Å². The second-order valence-corrected chi connectivity index (χ2v) is 4.75. The summed E-state index contributed by atoms with van der Waals surface area (Å²) in [6.45, 7) is 5.31. The molecule has 0 amide bonds. The Balaban J connectivity index is 2.88. The van der Waals surface area contributed by atoms with Crippen molar-refractivity contribution in [2.24, 2.45) is 0 Å². The summed E-state index contributed by atoms with van der Waals surface area (Å²) in [6, 6.07) is 0. The van der Waals surface area contributed by atoms with E-state index in [0.717, 1.165) is 13.0 Å². The Kier molecular flexibility index (Phi) is 12.9. The molecule has 1 N–H and O–H groups in total. The van der Waals surface area contributed by atoms with Crippen LogP contribution in [0.4, 0.5) is 0 Å². The van der Waals surface area contributed by atoms with E-state index in [1.807, 2.05) is 0 Å². The standard InChI is InChI=1S/C14H30O2/c1-3-4-5-6-7-8-9-10-11-12-16-13-14(2)15/h14-15H,3-13H2,1-2H3/t14-/m0/s1. The Hall–Kier alpha value is -0.0800. The van der Waals surface area contributed by atoms with Crippen molar-refractivity contribution >= 4 is 0 Å². The Bertz CT molecular complexity index is 124. The summed E-state index contributed by atoms with van der Waals surface area (Å²) in [6.07, 6.45) is 11.8. The van der Waals surface area contributed by atoms with Crippen molar-refractivity contribution in [2.75, 3.05) is 13.2 Å². The van der Waals surface area contributed by atoms with E-state index in [2.05, 4.69) is 6.92 Å². The molecular formula is C14H30O2. The molecule has 0 aromatic rings. The molecular weight excluding hydrogens is 200 g/mol. The summed E-state index contributed by atoms with van der Waals surface area (Å²) >= 11 is 0. The van der Waals surface area contributed by atoms with Crippen molar-refractivity contribution in [3.05, 3.63) is 0 Å². The Morgan fingerprint density at radius 1 is 0.875 bits per heavy atom. The summed E-state index contributed by atoms with van der Waals surface area (Å²) in [5.74, 6) is 0. The van der Waals surface area contributed by atoms with Crippen LogP contribution in [0.1, 0.15) is 71.6 Å². The van der Waals surface area contributed by atoms with Crippen LogP contribution in [0.2, 0.25) is 0 Å². The molecule has 0 bridgehead atoms. The average Bonchev–Trinajstić information content (AvgIpc) is 2.25. The molecule has 0 aliphatic heterocycles. The molecule has 0 aromatic heterocycles. The fraction of sp³-hybridized carbons (Fsp3) is 1.00. The zero-order valence-corrected chi connectivity index (χ0v) is 11.2. The number of aliphatic hydroxyl groups excluding tert-OH is 1. The molecule has 0 unspecified atom stereocenters. The van der Waals surface area contributed by atoms with Crippen LogP contribution in [0.15, 0.2) is 0 Å². The summed E-state index contributed by atoms with van der Waals surface area (Å²) in [7, 11) is 0. The largest absolute Gasteiger partial charge is 0.391 e. The van der Waals surface area contributed by atoms with Gasteiger partial charge in [-0.3, -0.25) is 0 Å². The first-order valence-electron chi connectivity index (χ1n) is 7.03. The van der Waals surface area contributed by atoms with Gasteiger partial charge in [0.05, 0.1) is 12.7 Å². The van der Waals surface area contributed by atoms with Gasteiger partial charge >= 0.3 is 0 Å². The van der Waals surface area contributed by atoms with Crippen molar-refractivity contribution < 1.29 is 9.84 Å². The fourth-order valence-corrected chi connectivity index (χ4v) is 1.77. The molecule has 0 fully saturated rings. The molecule has 0 aliphatic rings. The molecule has 1 atom stereocenters. The van der Waals surface area contributed by atoms with Crippen LogP contribution in [0, 0.1) is 0 Å². The monoisotopic (exact) mass is 230 g/mol. The predicted octanol–water partition coefficient (Wildman–Crippen LogP) is 3.91. The van der Waals surface area contributed by atoms with Gasteiger partial charge in [0.25, 0.3) is 0 Å². The quantitative estimate of drug-likeness (QED) is 0.515. The van der Waals surface area contributed by atoms with E-state index in [1.165, 1.54) is 51.4 Å². The van der Waals surface area contributed by atoms with Crippen LogP contribution in [-0.4, -0.2) is 24.4 Å². The minimum absolute atomic E-state index is 0.321. The number of ether oxygens (including phenoxy) is 1. The topological polar surface area (TPSA) is 29.5 Å². The van der Waals surface area contributed by atoms with Crippen LogP contribution in [0.25, 0.3) is 0 Å². The lowest BCUT2D eigenvalue weighted by Gasteiger charge is -2.06. The minimum atomic E-state index is -0.321. The van der Waals surface area contributed by atoms with Gasteiger partial charge in [-0.05, 0) is 13.3 Å². The van der Waals surface area contributed by atoms with Crippen LogP contribution >= 0.6 is 0 Å². The van der Waals surface area contributed by atoms with E-state index in [9.17, 15) is 0 Å². The summed E-state index contributed by atoms with van der Waals surface area (Å²) < 4.78 is 5.30. The van der Waals surface area contributed by atoms with E-state index in [4.69, 9.17) is 9.84 Å². The van der Waals surface area contributed by atoms with Crippen LogP contribution in [0.5, 0.6) is 0 Å². The summed E-state index contributed by atoms with van der Waals surface area (Å²) in [5, 5.41) is 8.97. The highest BCUT2D eigenvalue weighted by Crippen LogP contribution is 2.09. The van der Waals surface area contributed by atoms with Gasteiger partial charge in [-0.15, -0.1) is 0 Å². The van der Waals surface area contributed by atoms with E-state index in [0.29, 0.717) is 6.61 Å². The second kappa shape index (κ2) is 13.0. The van der Waals surface area contributed by atoms with Crippen molar-refractivity contribution in [1.82, 2.24) is 0 Å². The molecule has 0 spiro atoms. The molecule has 0 rings (SSSR count). The molecule has 0 aliphatic carbocycles. The highest BCUT2D eigenvalue weighted by molar-refractivity contribution is 4.47. The zero-order chi connectivity index (χ0) is 12.1. The third-order valence-corrected chi connectivity index (χ3v) is 2.75. The highest BCUT2D eigenvalue weighted by atomic mass is 16.5. The smallest absolute Gasteiger partial charge is 0.0745 e. The molecule has 0 heterocycles. The lowest BCUT2D eigenvalue weighted by Crippen LogP contribution is -2.10. The molecule has 2 heteroatoms. The number of unbranched alkanes of at least 4 members (excludes halogenated alkanes) is 8.